The summed E-state index contributed by atoms with van der Waals surface area (Å²) in [5, 5.41) is 0. The first-order chi connectivity index (χ1) is 22.9. The molecular weight excluding hydrogens is 699 g/mol. The van der Waals surface area contributed by atoms with Crippen molar-refractivity contribution in [2.75, 3.05) is 0 Å². The van der Waals surface area contributed by atoms with Crippen LogP contribution >= 0.6 is 0 Å². The van der Waals surface area contributed by atoms with Crippen LogP contribution in [-0.4, -0.2) is 6.15 Å². The molecule has 0 aliphatic rings. The summed E-state index contributed by atoms with van der Waals surface area (Å²) in [5.74, 6) is -47.5. The fourth-order valence-electron chi connectivity index (χ4n) is 5.77. The molecule has 4 aromatic carbocycles. The minimum absolute atomic E-state index is 0.0213. The van der Waals surface area contributed by atoms with Gasteiger partial charge in [0.1, 0.15) is 52.7 Å². The van der Waals surface area contributed by atoms with Crippen LogP contribution in [0.1, 0.15) is 22.3 Å². The van der Waals surface area contributed by atoms with Crippen molar-refractivity contribution in [3.63, 3.8) is 0 Å². The van der Waals surface area contributed by atoms with Crippen molar-refractivity contribution in [1.29, 1.82) is 0 Å². The van der Waals surface area contributed by atoms with Crippen molar-refractivity contribution in [1.82, 2.24) is 0 Å². The van der Waals surface area contributed by atoms with E-state index >= 15 is 70.2 Å². The second-order valence-electron chi connectivity index (χ2n) is 10.0. The molecule has 0 atom stereocenters. The highest BCUT2D eigenvalue weighted by atomic mass is 19.2. The number of hydrogen-bond donors (Lipinski definition) is 0. The SMILES string of the molecule is C=Cc1c(F)c(F)c([B-](c2c(F)c(F)c(C=C)c(F)c2F)(c2c(F)c(F)c(C=C)c(F)c2F)c2c(F)c(F)c(C=C)c(F)c2F)c(F)c1F. The second kappa shape index (κ2) is 12.7. The maximum absolute atomic E-state index is 16.1. The van der Waals surface area contributed by atoms with Crippen LogP contribution in [0.2, 0.25) is 0 Å². The average molecular weight is 711 g/mol. The summed E-state index contributed by atoms with van der Waals surface area (Å²) in [7, 11) is 0. The van der Waals surface area contributed by atoms with Crippen molar-refractivity contribution in [3.05, 3.63) is 142 Å². The Bertz CT molecular complexity index is 1740. The molecule has 0 saturated carbocycles. The summed E-state index contributed by atoms with van der Waals surface area (Å²) in [4.78, 5) is 0. The van der Waals surface area contributed by atoms with Crippen LogP contribution in [0.4, 0.5) is 70.2 Å². The zero-order chi connectivity index (χ0) is 37.2. The van der Waals surface area contributed by atoms with Gasteiger partial charge in [0.15, 0.2) is 46.5 Å². The topological polar surface area (TPSA) is 0 Å². The van der Waals surface area contributed by atoms with E-state index in [-0.39, 0.29) is 24.3 Å². The third-order valence-corrected chi connectivity index (χ3v) is 7.87. The van der Waals surface area contributed by atoms with Crippen LogP contribution in [0.5, 0.6) is 0 Å². The van der Waals surface area contributed by atoms with E-state index in [0.29, 0.717) is 0 Å². The number of halogens is 16. The van der Waals surface area contributed by atoms with Crippen molar-refractivity contribution >= 4 is 52.3 Å². The largest absolute Gasteiger partial charge is 0.207 e. The first-order valence-corrected chi connectivity index (χ1v) is 13.0. The summed E-state index contributed by atoms with van der Waals surface area (Å²) in [6.45, 7) is 11.3. The van der Waals surface area contributed by atoms with Crippen LogP contribution in [0.15, 0.2) is 26.3 Å². The van der Waals surface area contributed by atoms with Gasteiger partial charge in [0.2, 0.25) is 0 Å². The zero-order valence-corrected chi connectivity index (χ0v) is 23.8. The van der Waals surface area contributed by atoms with Crippen molar-refractivity contribution in [2.24, 2.45) is 0 Å². The lowest BCUT2D eigenvalue weighted by Gasteiger charge is -2.45. The lowest BCUT2D eigenvalue weighted by atomic mass is 9.12. The molecule has 0 nitrogen and oxygen atoms in total. The third kappa shape index (κ3) is 4.72. The van der Waals surface area contributed by atoms with Gasteiger partial charge in [0, 0.05) is 0 Å². The molecule has 0 saturated heterocycles. The number of benzene rings is 4. The van der Waals surface area contributed by atoms with Gasteiger partial charge in [-0.2, -0.15) is 0 Å². The van der Waals surface area contributed by atoms with E-state index in [1.165, 1.54) is 0 Å². The quantitative estimate of drug-likeness (QED) is 0.0993. The first-order valence-electron chi connectivity index (χ1n) is 13.0. The molecule has 4 aromatic rings. The fraction of sp³-hybridized carbons (Fsp3) is 0. The molecule has 49 heavy (non-hydrogen) atoms. The molecule has 0 aliphatic carbocycles. The molecule has 0 aromatic heterocycles. The predicted molar refractivity (Wildman–Crippen MR) is 150 cm³/mol. The molecule has 256 valence electrons. The third-order valence-electron chi connectivity index (χ3n) is 7.87. The molecule has 0 fully saturated rings. The Morgan fingerprint density at radius 1 is 0.245 bits per heavy atom. The summed E-state index contributed by atoms with van der Waals surface area (Å²) in [6, 6.07) is 0. The van der Waals surface area contributed by atoms with E-state index in [2.05, 4.69) is 26.3 Å². The Morgan fingerprint density at radius 2 is 0.367 bits per heavy atom. The fourth-order valence-corrected chi connectivity index (χ4v) is 5.77. The molecular formula is C32H12BF16-. The summed E-state index contributed by atoms with van der Waals surface area (Å²) >= 11 is 0. The van der Waals surface area contributed by atoms with Gasteiger partial charge in [-0.3, -0.25) is 0 Å². The van der Waals surface area contributed by atoms with Gasteiger partial charge in [0.05, 0.1) is 22.3 Å². The van der Waals surface area contributed by atoms with Crippen LogP contribution in [0, 0.1) is 93.1 Å². The molecule has 0 heterocycles. The molecule has 0 spiro atoms. The molecule has 0 aliphatic heterocycles. The van der Waals surface area contributed by atoms with Crippen molar-refractivity contribution in [3.8, 4) is 0 Å². The average Bonchev–Trinajstić information content (AvgIpc) is 3.06. The van der Waals surface area contributed by atoms with Gasteiger partial charge >= 0.3 is 0 Å². The highest BCUT2D eigenvalue weighted by Gasteiger charge is 2.51. The second-order valence-corrected chi connectivity index (χ2v) is 10.0. The van der Waals surface area contributed by atoms with Crippen LogP contribution in [0.3, 0.4) is 0 Å². The smallest absolute Gasteiger partial charge is 0.165 e. The van der Waals surface area contributed by atoms with Gasteiger partial charge in [-0.1, -0.05) is 50.6 Å². The lowest BCUT2D eigenvalue weighted by molar-refractivity contribution is 0.450. The van der Waals surface area contributed by atoms with Crippen LogP contribution in [-0.2, 0) is 0 Å². The standard InChI is InChI=1S/C32H12BF16/c1-5-9-17(34)25(42)13(26(43)18(9)35)33(14-27(44)19(36)10(6-2)20(37)28(14)45,15-29(46)21(38)11(7-3)22(39)30(15)47)16-31(48)23(40)12(8-4)24(41)32(16)49/h5-8H,1-4H2/q-1. The van der Waals surface area contributed by atoms with E-state index in [0.717, 1.165) is 0 Å². The van der Waals surface area contributed by atoms with E-state index in [1.54, 1.807) is 0 Å². The van der Waals surface area contributed by atoms with Gasteiger partial charge < -0.3 is 0 Å². The lowest BCUT2D eigenvalue weighted by Crippen LogP contribution is -2.81. The Balaban J connectivity index is 2.73. The number of rotatable bonds is 8. The summed E-state index contributed by atoms with van der Waals surface area (Å²) in [6.07, 6.45) is -6.63. The molecule has 0 bridgehead atoms. The minimum atomic E-state index is -6.71. The van der Waals surface area contributed by atoms with Crippen LogP contribution in [0.25, 0.3) is 24.3 Å². The molecule has 17 heteroatoms. The molecule has 0 unspecified atom stereocenters. The van der Waals surface area contributed by atoms with Crippen LogP contribution < -0.4 is 21.9 Å². The Hall–Kier alpha value is -5.22. The Kier molecular flexibility index (Phi) is 9.47. The van der Waals surface area contributed by atoms with Crippen molar-refractivity contribution < 1.29 is 70.2 Å². The molecule has 0 N–H and O–H groups in total. The predicted octanol–water partition coefficient (Wildman–Crippen LogP) is 7.86. The maximum Gasteiger partial charge on any atom is 0.165 e. The van der Waals surface area contributed by atoms with Crippen molar-refractivity contribution in [2.45, 2.75) is 0 Å². The summed E-state index contributed by atoms with van der Waals surface area (Å²) in [5.41, 5.74) is -19.7. The van der Waals surface area contributed by atoms with Gasteiger partial charge in [-0.15, -0.1) is 21.9 Å². The highest BCUT2D eigenvalue weighted by Crippen LogP contribution is 2.32. The first kappa shape index (κ1) is 36.6. The van der Waals surface area contributed by atoms with Gasteiger partial charge in [0.25, 0.3) is 0 Å². The van der Waals surface area contributed by atoms with Gasteiger partial charge in [-0.25, -0.2) is 70.2 Å². The molecule has 0 radical (unpaired) electrons. The Morgan fingerprint density at radius 3 is 0.469 bits per heavy atom. The normalized spacial score (nSPS) is 11.6. The highest BCUT2D eigenvalue weighted by molar-refractivity contribution is 7.20. The molecule has 0 amide bonds. The van der Waals surface area contributed by atoms with E-state index in [4.69, 9.17) is 0 Å². The van der Waals surface area contributed by atoms with Gasteiger partial charge in [-0.05, 0) is 0 Å². The van der Waals surface area contributed by atoms with E-state index in [1.807, 2.05) is 0 Å². The maximum atomic E-state index is 16.1. The summed E-state index contributed by atoms with van der Waals surface area (Å²) < 4.78 is 252. The van der Waals surface area contributed by atoms with E-state index < -0.39 is 143 Å². The number of hydrogen-bond acceptors (Lipinski definition) is 0. The zero-order valence-electron chi connectivity index (χ0n) is 23.8. The molecule has 4 rings (SSSR count). The minimum Gasteiger partial charge on any atom is -0.207 e. The van der Waals surface area contributed by atoms with E-state index in [9.17, 15) is 0 Å². The monoisotopic (exact) mass is 711 g/mol. The Labute approximate surface area is 264 Å².